The molecule has 0 fully saturated rings. The summed E-state index contributed by atoms with van der Waals surface area (Å²) in [5.41, 5.74) is 2.20. The molecule has 2 aromatic carbocycles. The normalized spacial score (nSPS) is 12.5. The number of rotatable bonds is 5. The third kappa shape index (κ3) is 5.46. The van der Waals surface area contributed by atoms with E-state index in [0.29, 0.717) is 0 Å². The van der Waals surface area contributed by atoms with Crippen LogP contribution >= 0.6 is 23.2 Å². The van der Waals surface area contributed by atoms with Crippen LogP contribution < -0.4 is 0 Å². The van der Waals surface area contributed by atoms with Gasteiger partial charge in [0.15, 0.2) is 0 Å². The standard InChI is InChI=1S/C16H12Cl2Te2/c17-15(13-7-3-1-4-8-13)11-19-20-12-16(18)14-9-5-2-6-10-14/h1-12H/b15-11-,16-12-. The molecule has 0 atom stereocenters. The molecule has 0 unspecified atom stereocenters. The van der Waals surface area contributed by atoms with Gasteiger partial charge in [0.1, 0.15) is 0 Å². The molecule has 4 heteroatoms. The van der Waals surface area contributed by atoms with Crippen molar-refractivity contribution in [3.8, 4) is 0 Å². The molecule has 0 spiro atoms. The number of hydrogen-bond acceptors (Lipinski definition) is 0. The minimum atomic E-state index is -0.172. The quantitative estimate of drug-likeness (QED) is 0.386. The van der Waals surface area contributed by atoms with Gasteiger partial charge in [-0.3, -0.25) is 0 Å². The summed E-state index contributed by atoms with van der Waals surface area (Å²) in [5.74, 6) is 0. The molecule has 0 nitrogen and oxygen atoms in total. The van der Waals surface area contributed by atoms with Crippen molar-refractivity contribution >= 4 is 67.4 Å². The van der Waals surface area contributed by atoms with E-state index in [9.17, 15) is 0 Å². The Balaban J connectivity index is 1.90. The number of hydrogen-bond donors (Lipinski definition) is 0. The Hall–Kier alpha value is 0.0792. The summed E-state index contributed by atoms with van der Waals surface area (Å²) >= 11 is 12.3. The molecule has 0 aliphatic rings. The molecule has 0 heterocycles. The average Bonchev–Trinajstić information content (AvgIpc) is 2.53. The van der Waals surface area contributed by atoms with E-state index in [0.717, 1.165) is 21.2 Å². The van der Waals surface area contributed by atoms with Crippen molar-refractivity contribution in [2.75, 3.05) is 0 Å². The minimum absolute atomic E-state index is 0.172. The summed E-state index contributed by atoms with van der Waals surface area (Å²) in [6.07, 6.45) is 0. The first-order valence-electron chi connectivity index (χ1n) is 5.91. The van der Waals surface area contributed by atoms with Crippen LogP contribution in [0.5, 0.6) is 0 Å². The first-order chi connectivity index (χ1) is 9.77. The molecule has 0 radical (unpaired) electrons. The summed E-state index contributed by atoms with van der Waals surface area (Å²) in [6, 6.07) is 20.2. The molecule has 2 rings (SSSR count). The van der Waals surface area contributed by atoms with Gasteiger partial charge in [-0.1, -0.05) is 0 Å². The van der Waals surface area contributed by atoms with Crippen molar-refractivity contribution in [3.63, 3.8) is 0 Å². The summed E-state index contributed by atoms with van der Waals surface area (Å²) < 4.78 is 4.44. The molecule has 0 bridgehead atoms. The van der Waals surface area contributed by atoms with Gasteiger partial charge in [0, 0.05) is 0 Å². The molecule has 0 aromatic heterocycles. The van der Waals surface area contributed by atoms with Gasteiger partial charge >= 0.3 is 147 Å². The van der Waals surface area contributed by atoms with Crippen LogP contribution in [0.2, 0.25) is 0 Å². The van der Waals surface area contributed by atoms with Gasteiger partial charge < -0.3 is 0 Å². The monoisotopic (exact) mass is 534 g/mol. The Morgan fingerprint density at radius 2 is 1.00 bits per heavy atom. The Labute approximate surface area is 146 Å². The zero-order valence-corrected chi connectivity index (χ0v) is 16.7. The van der Waals surface area contributed by atoms with Gasteiger partial charge in [0.2, 0.25) is 0 Å². The van der Waals surface area contributed by atoms with Crippen LogP contribution in [0.4, 0.5) is 0 Å². The second-order valence-electron chi connectivity index (χ2n) is 3.86. The summed E-state index contributed by atoms with van der Waals surface area (Å²) in [4.78, 5) is 0. The first kappa shape index (κ1) is 16.4. The predicted octanol–water partition coefficient (Wildman–Crippen LogP) is 4.78. The van der Waals surface area contributed by atoms with Gasteiger partial charge in [-0.25, -0.2) is 0 Å². The third-order valence-electron chi connectivity index (χ3n) is 2.46. The Morgan fingerprint density at radius 1 is 0.650 bits per heavy atom. The van der Waals surface area contributed by atoms with Crippen LogP contribution in [-0.2, 0) is 0 Å². The van der Waals surface area contributed by atoms with Gasteiger partial charge in [0.25, 0.3) is 0 Å². The molecule has 0 saturated carbocycles. The van der Waals surface area contributed by atoms with E-state index in [-0.39, 0.29) is 34.1 Å². The first-order valence-corrected chi connectivity index (χ1v) is 16.7. The van der Waals surface area contributed by atoms with Gasteiger partial charge in [-0.05, 0) is 0 Å². The van der Waals surface area contributed by atoms with E-state index in [1.807, 2.05) is 60.7 Å². The van der Waals surface area contributed by atoms with Crippen LogP contribution in [0.25, 0.3) is 10.1 Å². The SMILES string of the molecule is Cl/C(=C\[Te][Te]/C=C(\Cl)c1ccccc1)c1ccccc1. The van der Waals surface area contributed by atoms with Gasteiger partial charge in [-0.2, -0.15) is 0 Å². The number of benzene rings is 2. The predicted molar refractivity (Wildman–Crippen MR) is 92.1 cm³/mol. The average molecular weight is 530 g/mol. The molecule has 0 N–H and O–H groups in total. The molecule has 102 valence electrons. The molecule has 0 aliphatic heterocycles. The fourth-order valence-corrected chi connectivity index (χ4v) is 11.9. The van der Waals surface area contributed by atoms with Crippen molar-refractivity contribution in [2.45, 2.75) is 0 Å². The van der Waals surface area contributed by atoms with E-state index in [1.165, 1.54) is 0 Å². The Kier molecular flexibility index (Phi) is 7.54. The third-order valence-corrected chi connectivity index (χ3v) is 11.9. The Bertz CT molecular complexity index is 537. The Morgan fingerprint density at radius 3 is 1.35 bits per heavy atom. The fourth-order valence-electron chi connectivity index (χ4n) is 1.47. The summed E-state index contributed by atoms with van der Waals surface area (Å²) in [7, 11) is 0. The molecule has 0 aliphatic carbocycles. The molecule has 0 saturated heterocycles. The maximum atomic E-state index is 6.30. The number of halogens is 2. The van der Waals surface area contributed by atoms with Crippen molar-refractivity contribution < 1.29 is 0 Å². The summed E-state index contributed by atoms with van der Waals surface area (Å²) in [5, 5.41) is 1.75. The summed E-state index contributed by atoms with van der Waals surface area (Å²) in [6.45, 7) is 0. The fraction of sp³-hybridized carbons (Fsp3) is 0. The molecular weight excluding hydrogens is 518 g/mol. The van der Waals surface area contributed by atoms with Crippen molar-refractivity contribution in [3.05, 3.63) is 80.0 Å². The molecule has 2 aromatic rings. The van der Waals surface area contributed by atoms with E-state index in [1.54, 1.807) is 0 Å². The van der Waals surface area contributed by atoms with Crippen LogP contribution in [0.15, 0.2) is 68.9 Å². The molecular formula is C16H12Cl2Te2. The zero-order chi connectivity index (χ0) is 14.2. The van der Waals surface area contributed by atoms with E-state index in [4.69, 9.17) is 23.2 Å². The second-order valence-corrected chi connectivity index (χ2v) is 14.5. The van der Waals surface area contributed by atoms with E-state index < -0.39 is 0 Å². The molecule has 0 amide bonds. The zero-order valence-electron chi connectivity index (χ0n) is 10.5. The van der Waals surface area contributed by atoms with Crippen LogP contribution in [0, 0.1) is 0 Å². The van der Waals surface area contributed by atoms with E-state index >= 15 is 0 Å². The van der Waals surface area contributed by atoms with Crippen molar-refractivity contribution in [2.24, 2.45) is 0 Å². The topological polar surface area (TPSA) is 0 Å². The van der Waals surface area contributed by atoms with Gasteiger partial charge in [-0.15, -0.1) is 0 Å². The van der Waals surface area contributed by atoms with Crippen LogP contribution in [-0.4, -0.2) is 34.1 Å². The van der Waals surface area contributed by atoms with Crippen molar-refractivity contribution in [1.29, 1.82) is 0 Å². The maximum absolute atomic E-state index is 6.30. The van der Waals surface area contributed by atoms with Gasteiger partial charge in [0.05, 0.1) is 0 Å². The second kappa shape index (κ2) is 9.17. The van der Waals surface area contributed by atoms with Crippen LogP contribution in [0.1, 0.15) is 11.1 Å². The van der Waals surface area contributed by atoms with E-state index in [2.05, 4.69) is 8.25 Å². The molecule has 20 heavy (non-hydrogen) atoms. The van der Waals surface area contributed by atoms with Crippen molar-refractivity contribution in [1.82, 2.24) is 0 Å². The van der Waals surface area contributed by atoms with Crippen LogP contribution in [0.3, 0.4) is 0 Å².